The highest BCUT2D eigenvalue weighted by molar-refractivity contribution is 6.09. The summed E-state index contributed by atoms with van der Waals surface area (Å²) >= 11 is 0. The van der Waals surface area contributed by atoms with Gasteiger partial charge in [-0.05, 0) is 110 Å². The molecule has 0 aromatic heterocycles. The summed E-state index contributed by atoms with van der Waals surface area (Å²) in [6, 6.07) is 51.8. The molecule has 0 fully saturated rings. The van der Waals surface area contributed by atoms with Crippen molar-refractivity contribution in [2.45, 2.75) is 6.92 Å². The number of benzene rings is 6. The van der Waals surface area contributed by atoms with Crippen LogP contribution in [0.5, 0.6) is 11.5 Å². The summed E-state index contributed by atoms with van der Waals surface area (Å²) in [6.07, 6.45) is 10.7. The fourth-order valence-corrected chi connectivity index (χ4v) is 5.56. The van der Waals surface area contributed by atoms with Crippen LogP contribution in [0, 0.1) is 19.3 Å². The minimum atomic E-state index is -0.0155. The average molecular weight is 652 g/mol. The standard InChI is InChI=1S/C45H37N3O2/c1-3-11-37(46)12-10-33-47(38-13-6-4-7-14-38)39-23-25-41(26-24-39)48(40-15-8-5-9-16-40)42-27-31-44(32-28-42)50-43-29-21-36(22-30-43)45(49)35-19-17-34(2)18-20-35/h1,4-32H,33,46H2,2H3/b12-10-,37-11+. The Labute approximate surface area is 294 Å². The fraction of sp³-hybridized carbons (Fsp3) is 0.0444. The van der Waals surface area contributed by atoms with E-state index in [0.29, 0.717) is 34.9 Å². The van der Waals surface area contributed by atoms with Crippen LogP contribution in [-0.2, 0) is 0 Å². The molecule has 2 N–H and O–H groups in total. The summed E-state index contributed by atoms with van der Waals surface area (Å²) in [7, 11) is 0. The van der Waals surface area contributed by atoms with Gasteiger partial charge in [-0.1, -0.05) is 78.2 Å². The first kappa shape index (κ1) is 33.1. The van der Waals surface area contributed by atoms with Gasteiger partial charge in [-0.25, -0.2) is 0 Å². The van der Waals surface area contributed by atoms with E-state index in [1.54, 1.807) is 18.2 Å². The molecule has 0 heterocycles. The summed E-state index contributed by atoms with van der Waals surface area (Å²) < 4.78 is 6.16. The van der Waals surface area contributed by atoms with Crippen molar-refractivity contribution in [3.63, 3.8) is 0 Å². The highest BCUT2D eigenvalue weighted by Gasteiger charge is 2.15. The minimum absolute atomic E-state index is 0.0155. The Balaban J connectivity index is 1.22. The van der Waals surface area contributed by atoms with Gasteiger partial charge in [0.2, 0.25) is 0 Å². The number of hydrogen-bond acceptors (Lipinski definition) is 5. The lowest BCUT2D eigenvalue weighted by atomic mass is 10.0. The van der Waals surface area contributed by atoms with Gasteiger partial charge in [0.1, 0.15) is 11.5 Å². The quantitative estimate of drug-likeness (QED) is 0.0811. The van der Waals surface area contributed by atoms with Crippen molar-refractivity contribution < 1.29 is 9.53 Å². The van der Waals surface area contributed by atoms with E-state index < -0.39 is 0 Å². The Morgan fingerprint density at radius 1 is 0.640 bits per heavy atom. The molecule has 0 saturated carbocycles. The second-order valence-corrected chi connectivity index (χ2v) is 11.7. The van der Waals surface area contributed by atoms with Crippen LogP contribution < -0.4 is 20.3 Å². The molecule has 50 heavy (non-hydrogen) atoms. The maximum Gasteiger partial charge on any atom is 0.193 e. The Kier molecular flexibility index (Phi) is 10.5. The third kappa shape index (κ3) is 8.20. The van der Waals surface area contributed by atoms with Crippen molar-refractivity contribution in [1.82, 2.24) is 0 Å². The lowest BCUT2D eigenvalue weighted by Crippen LogP contribution is -2.17. The van der Waals surface area contributed by atoms with Gasteiger partial charge in [-0.2, -0.15) is 0 Å². The first-order chi connectivity index (χ1) is 24.5. The minimum Gasteiger partial charge on any atom is -0.457 e. The number of anilines is 5. The van der Waals surface area contributed by atoms with Gasteiger partial charge in [-0.15, -0.1) is 6.42 Å². The molecule has 0 spiro atoms. The number of rotatable bonds is 12. The summed E-state index contributed by atoms with van der Waals surface area (Å²) in [4.78, 5) is 17.3. The zero-order valence-electron chi connectivity index (χ0n) is 27.8. The smallest absolute Gasteiger partial charge is 0.193 e. The third-order valence-electron chi connectivity index (χ3n) is 8.11. The third-order valence-corrected chi connectivity index (χ3v) is 8.11. The molecule has 0 saturated heterocycles. The number of nitrogens with two attached hydrogens (primary N) is 1. The van der Waals surface area contributed by atoms with Crippen molar-refractivity contribution in [2.24, 2.45) is 5.73 Å². The Morgan fingerprint density at radius 2 is 1.08 bits per heavy atom. The first-order valence-corrected chi connectivity index (χ1v) is 16.3. The monoisotopic (exact) mass is 651 g/mol. The number of para-hydroxylation sites is 2. The molecule has 0 amide bonds. The molecular formula is C45H37N3O2. The van der Waals surface area contributed by atoms with E-state index >= 15 is 0 Å². The Bertz CT molecular complexity index is 2110. The molecule has 0 unspecified atom stereocenters. The van der Waals surface area contributed by atoms with E-state index in [1.165, 1.54) is 0 Å². The molecule has 0 atom stereocenters. The topological polar surface area (TPSA) is 58.8 Å². The largest absolute Gasteiger partial charge is 0.457 e. The lowest BCUT2D eigenvalue weighted by Gasteiger charge is -2.28. The number of carbonyl (C=O) groups is 1. The zero-order chi connectivity index (χ0) is 34.7. The summed E-state index contributed by atoms with van der Waals surface area (Å²) in [5.41, 5.74) is 14.0. The molecule has 0 aliphatic carbocycles. The number of hydrogen-bond donors (Lipinski definition) is 1. The van der Waals surface area contributed by atoms with Crippen molar-refractivity contribution >= 4 is 34.2 Å². The number of terminal acetylenes is 1. The second kappa shape index (κ2) is 15.9. The number of aryl methyl sites for hydroxylation is 1. The van der Waals surface area contributed by atoms with E-state index in [-0.39, 0.29) is 5.78 Å². The fourth-order valence-electron chi connectivity index (χ4n) is 5.56. The number of carbonyl (C=O) groups excluding carboxylic acids is 1. The highest BCUT2D eigenvalue weighted by Crippen LogP contribution is 2.37. The maximum absolute atomic E-state index is 12.9. The van der Waals surface area contributed by atoms with E-state index in [1.807, 2.05) is 116 Å². The average Bonchev–Trinajstić information content (AvgIpc) is 3.16. The Hall–Kier alpha value is -6.77. The number of ketones is 1. The number of allylic oxidation sites excluding steroid dienone is 2. The van der Waals surface area contributed by atoms with Gasteiger partial charge < -0.3 is 20.3 Å². The molecule has 6 aromatic carbocycles. The molecule has 5 heteroatoms. The molecule has 0 bridgehead atoms. The molecule has 0 aliphatic heterocycles. The summed E-state index contributed by atoms with van der Waals surface area (Å²) in [6.45, 7) is 2.61. The van der Waals surface area contributed by atoms with Gasteiger partial charge in [0, 0.05) is 57.9 Å². The normalized spacial score (nSPS) is 11.2. The van der Waals surface area contributed by atoms with Crippen LogP contribution in [0.15, 0.2) is 182 Å². The van der Waals surface area contributed by atoms with E-state index in [9.17, 15) is 4.79 Å². The lowest BCUT2D eigenvalue weighted by molar-refractivity contribution is 0.103. The van der Waals surface area contributed by atoms with Crippen LogP contribution >= 0.6 is 0 Å². The number of nitrogens with zero attached hydrogens (tertiary/aromatic N) is 2. The van der Waals surface area contributed by atoms with Crippen LogP contribution in [0.25, 0.3) is 0 Å². The molecule has 0 radical (unpaired) electrons. The van der Waals surface area contributed by atoms with E-state index in [2.05, 4.69) is 64.3 Å². The van der Waals surface area contributed by atoms with Crippen LogP contribution in [-0.4, -0.2) is 12.3 Å². The van der Waals surface area contributed by atoms with Crippen LogP contribution in [0.4, 0.5) is 28.4 Å². The van der Waals surface area contributed by atoms with Gasteiger partial charge in [0.15, 0.2) is 5.78 Å². The Morgan fingerprint density at radius 3 is 1.64 bits per heavy atom. The van der Waals surface area contributed by atoms with E-state index in [0.717, 1.165) is 34.0 Å². The van der Waals surface area contributed by atoms with Gasteiger partial charge in [0.25, 0.3) is 0 Å². The first-order valence-electron chi connectivity index (χ1n) is 16.3. The molecular weight excluding hydrogens is 615 g/mol. The maximum atomic E-state index is 12.9. The molecule has 6 aromatic rings. The van der Waals surface area contributed by atoms with Crippen molar-refractivity contribution in [3.8, 4) is 23.8 Å². The molecule has 0 aliphatic rings. The zero-order valence-corrected chi connectivity index (χ0v) is 27.8. The van der Waals surface area contributed by atoms with Crippen LogP contribution in [0.1, 0.15) is 21.5 Å². The summed E-state index contributed by atoms with van der Waals surface area (Å²) in [5, 5.41) is 0. The van der Waals surface area contributed by atoms with Gasteiger partial charge in [-0.3, -0.25) is 4.79 Å². The molecule has 244 valence electrons. The summed E-state index contributed by atoms with van der Waals surface area (Å²) in [5.74, 6) is 3.80. The van der Waals surface area contributed by atoms with Gasteiger partial charge in [0.05, 0.1) is 0 Å². The van der Waals surface area contributed by atoms with Crippen molar-refractivity contribution in [3.05, 3.63) is 198 Å². The van der Waals surface area contributed by atoms with E-state index in [4.69, 9.17) is 16.9 Å². The van der Waals surface area contributed by atoms with Crippen molar-refractivity contribution in [2.75, 3.05) is 16.3 Å². The second-order valence-electron chi connectivity index (χ2n) is 11.7. The van der Waals surface area contributed by atoms with Crippen molar-refractivity contribution in [1.29, 1.82) is 0 Å². The molecule has 5 nitrogen and oxygen atoms in total. The predicted octanol–water partition coefficient (Wildman–Crippen LogP) is 10.7. The van der Waals surface area contributed by atoms with Crippen LogP contribution in [0.2, 0.25) is 0 Å². The number of ether oxygens (including phenoxy) is 1. The predicted molar refractivity (Wildman–Crippen MR) is 206 cm³/mol. The molecule has 6 rings (SSSR count). The highest BCUT2D eigenvalue weighted by atomic mass is 16.5. The van der Waals surface area contributed by atoms with Gasteiger partial charge >= 0.3 is 0 Å². The van der Waals surface area contributed by atoms with Crippen LogP contribution in [0.3, 0.4) is 0 Å². The SMILES string of the molecule is C#C/C=C(N)\C=C/CN(c1ccccc1)c1ccc(N(c2ccccc2)c2ccc(Oc3ccc(C(=O)c4ccc(C)cc4)cc3)cc2)cc1.